The van der Waals surface area contributed by atoms with E-state index < -0.39 is 0 Å². The highest BCUT2D eigenvalue weighted by atomic mass is 16.5. The van der Waals surface area contributed by atoms with Crippen LogP contribution in [0.5, 0.6) is 5.75 Å². The van der Waals surface area contributed by atoms with Gasteiger partial charge in [0.05, 0.1) is 7.11 Å². The fourth-order valence-corrected chi connectivity index (χ4v) is 1.88. The molecule has 0 heterocycles. The highest BCUT2D eigenvalue weighted by Gasteiger charge is 2.06. The van der Waals surface area contributed by atoms with Crippen molar-refractivity contribution in [3.05, 3.63) is 29.3 Å². The highest BCUT2D eigenvalue weighted by molar-refractivity contribution is 5.38. The number of ether oxygens (including phenoxy) is 1. The minimum Gasteiger partial charge on any atom is -0.496 e. The summed E-state index contributed by atoms with van der Waals surface area (Å²) in [5.74, 6) is 1.52. The molecule has 1 aromatic carbocycles. The largest absolute Gasteiger partial charge is 0.496 e. The molecule has 0 amide bonds. The van der Waals surface area contributed by atoms with Gasteiger partial charge in [-0.05, 0) is 43.0 Å². The molecule has 3 N–H and O–H groups in total. The Morgan fingerprint density at radius 1 is 1.28 bits per heavy atom. The molecule has 0 aliphatic rings. The minimum atomic E-state index is 0.204. The molecule has 102 valence electrons. The zero-order valence-corrected chi connectivity index (χ0v) is 12.0. The number of hydrogen-bond donors (Lipinski definition) is 2. The second-order valence-electron chi connectivity index (χ2n) is 5.16. The van der Waals surface area contributed by atoms with Crippen molar-refractivity contribution in [2.24, 2.45) is 5.73 Å². The average molecular weight is 250 g/mol. The maximum Gasteiger partial charge on any atom is 0.122 e. The van der Waals surface area contributed by atoms with Gasteiger partial charge < -0.3 is 15.8 Å². The minimum absolute atomic E-state index is 0.204. The van der Waals surface area contributed by atoms with E-state index in [1.165, 1.54) is 11.1 Å². The lowest BCUT2D eigenvalue weighted by Crippen LogP contribution is -2.32. The highest BCUT2D eigenvalue weighted by Crippen LogP contribution is 2.24. The lowest BCUT2D eigenvalue weighted by atomic mass is 10.00. The van der Waals surface area contributed by atoms with E-state index >= 15 is 0 Å². The van der Waals surface area contributed by atoms with Crippen LogP contribution in [0.2, 0.25) is 0 Å². The van der Waals surface area contributed by atoms with Crippen LogP contribution in [0.1, 0.15) is 37.8 Å². The van der Waals surface area contributed by atoms with Gasteiger partial charge in [0.25, 0.3) is 0 Å². The lowest BCUT2D eigenvalue weighted by molar-refractivity contribution is 0.408. The molecule has 0 aromatic heterocycles. The van der Waals surface area contributed by atoms with Gasteiger partial charge in [-0.2, -0.15) is 0 Å². The van der Waals surface area contributed by atoms with Gasteiger partial charge in [0.15, 0.2) is 0 Å². The normalized spacial score (nSPS) is 12.8. The fourth-order valence-electron chi connectivity index (χ4n) is 1.88. The molecule has 1 unspecified atom stereocenters. The van der Waals surface area contributed by atoms with E-state index in [-0.39, 0.29) is 6.04 Å². The maximum atomic E-state index is 5.69. The van der Waals surface area contributed by atoms with Crippen molar-refractivity contribution in [2.75, 3.05) is 20.2 Å². The van der Waals surface area contributed by atoms with Crippen LogP contribution in [-0.2, 0) is 6.42 Å². The second-order valence-corrected chi connectivity index (χ2v) is 5.16. The van der Waals surface area contributed by atoms with Gasteiger partial charge in [-0.1, -0.05) is 26.0 Å². The van der Waals surface area contributed by atoms with Crippen LogP contribution in [0.25, 0.3) is 0 Å². The Morgan fingerprint density at radius 2 is 2.00 bits per heavy atom. The summed E-state index contributed by atoms with van der Waals surface area (Å²) in [6.07, 6.45) is 0.967. The van der Waals surface area contributed by atoms with E-state index in [1.807, 2.05) is 6.92 Å². The molecule has 0 aliphatic heterocycles. The summed E-state index contributed by atoms with van der Waals surface area (Å²) in [5, 5.41) is 3.34. The van der Waals surface area contributed by atoms with Crippen molar-refractivity contribution in [3.8, 4) is 5.75 Å². The Bertz CT molecular complexity index is 362. The number of methoxy groups -OCH3 is 1. The van der Waals surface area contributed by atoms with Crippen LogP contribution >= 0.6 is 0 Å². The third kappa shape index (κ3) is 4.67. The summed E-state index contributed by atoms with van der Waals surface area (Å²) in [6, 6.07) is 6.71. The van der Waals surface area contributed by atoms with E-state index in [0.717, 1.165) is 25.3 Å². The van der Waals surface area contributed by atoms with Crippen LogP contribution < -0.4 is 15.8 Å². The molecule has 0 spiro atoms. The van der Waals surface area contributed by atoms with Crippen molar-refractivity contribution < 1.29 is 4.74 Å². The standard InChI is InChI=1S/C15H26N2O/c1-11(2)14-6-5-13(15(9-14)18-4)7-8-17-10-12(3)16/h5-6,9,11-12,17H,7-8,10,16H2,1-4H3. The summed E-state index contributed by atoms with van der Waals surface area (Å²) in [4.78, 5) is 0. The maximum absolute atomic E-state index is 5.69. The van der Waals surface area contributed by atoms with Crippen molar-refractivity contribution in [1.29, 1.82) is 0 Å². The Labute approximate surface area is 111 Å². The molecular formula is C15H26N2O. The van der Waals surface area contributed by atoms with Gasteiger partial charge >= 0.3 is 0 Å². The number of benzene rings is 1. The summed E-state index contributed by atoms with van der Waals surface area (Å²) < 4.78 is 5.46. The van der Waals surface area contributed by atoms with Gasteiger partial charge in [0, 0.05) is 12.6 Å². The predicted molar refractivity (Wildman–Crippen MR) is 77.3 cm³/mol. The molecule has 1 rings (SSSR count). The molecule has 0 aliphatic carbocycles. The first kappa shape index (κ1) is 15.0. The van der Waals surface area contributed by atoms with E-state index in [0.29, 0.717) is 5.92 Å². The van der Waals surface area contributed by atoms with Crippen molar-refractivity contribution in [1.82, 2.24) is 5.32 Å². The van der Waals surface area contributed by atoms with Gasteiger partial charge in [-0.25, -0.2) is 0 Å². The third-order valence-corrected chi connectivity index (χ3v) is 3.02. The van der Waals surface area contributed by atoms with E-state index in [1.54, 1.807) is 7.11 Å². The zero-order chi connectivity index (χ0) is 13.5. The van der Waals surface area contributed by atoms with E-state index in [4.69, 9.17) is 10.5 Å². The molecule has 0 bridgehead atoms. The molecule has 18 heavy (non-hydrogen) atoms. The average Bonchev–Trinajstić information content (AvgIpc) is 2.34. The molecule has 1 aromatic rings. The Balaban J connectivity index is 2.59. The Kier molecular flexibility index (Phi) is 6.16. The summed E-state index contributed by atoms with van der Waals surface area (Å²) in [7, 11) is 1.73. The summed E-state index contributed by atoms with van der Waals surface area (Å²) in [5.41, 5.74) is 8.26. The van der Waals surface area contributed by atoms with E-state index in [2.05, 4.69) is 37.4 Å². The van der Waals surface area contributed by atoms with Gasteiger partial charge in [-0.3, -0.25) is 0 Å². The summed E-state index contributed by atoms with van der Waals surface area (Å²) in [6.45, 7) is 8.17. The first-order valence-electron chi connectivity index (χ1n) is 6.67. The van der Waals surface area contributed by atoms with Crippen molar-refractivity contribution in [2.45, 2.75) is 39.2 Å². The van der Waals surface area contributed by atoms with Gasteiger partial charge in [0.2, 0.25) is 0 Å². The Morgan fingerprint density at radius 3 is 2.56 bits per heavy atom. The van der Waals surface area contributed by atoms with Crippen LogP contribution in [-0.4, -0.2) is 26.2 Å². The zero-order valence-electron chi connectivity index (χ0n) is 12.0. The molecule has 0 saturated heterocycles. The van der Waals surface area contributed by atoms with Crippen LogP contribution in [0.3, 0.4) is 0 Å². The van der Waals surface area contributed by atoms with Crippen molar-refractivity contribution >= 4 is 0 Å². The predicted octanol–water partition coefficient (Wildman–Crippen LogP) is 2.30. The molecule has 0 fully saturated rings. The molecule has 3 heteroatoms. The smallest absolute Gasteiger partial charge is 0.122 e. The Hall–Kier alpha value is -1.06. The molecule has 0 radical (unpaired) electrons. The van der Waals surface area contributed by atoms with Gasteiger partial charge in [-0.15, -0.1) is 0 Å². The lowest BCUT2D eigenvalue weighted by Gasteiger charge is -2.13. The molecule has 3 nitrogen and oxygen atoms in total. The topological polar surface area (TPSA) is 47.3 Å². The van der Waals surface area contributed by atoms with Crippen LogP contribution in [0, 0.1) is 0 Å². The molecular weight excluding hydrogens is 224 g/mol. The molecule has 1 atom stereocenters. The van der Waals surface area contributed by atoms with Crippen LogP contribution in [0.4, 0.5) is 0 Å². The second kappa shape index (κ2) is 7.39. The number of rotatable bonds is 7. The SMILES string of the molecule is COc1cc(C(C)C)ccc1CCNCC(C)N. The third-order valence-electron chi connectivity index (χ3n) is 3.02. The first-order chi connectivity index (χ1) is 8.54. The fraction of sp³-hybridized carbons (Fsp3) is 0.600. The quantitative estimate of drug-likeness (QED) is 0.730. The number of nitrogens with one attached hydrogen (secondary N) is 1. The van der Waals surface area contributed by atoms with Gasteiger partial charge in [0.1, 0.15) is 5.75 Å². The molecule has 0 saturated carbocycles. The number of nitrogens with two attached hydrogens (primary N) is 1. The van der Waals surface area contributed by atoms with Crippen molar-refractivity contribution in [3.63, 3.8) is 0 Å². The van der Waals surface area contributed by atoms with E-state index in [9.17, 15) is 0 Å². The monoisotopic (exact) mass is 250 g/mol. The summed E-state index contributed by atoms with van der Waals surface area (Å²) >= 11 is 0. The van der Waals surface area contributed by atoms with Crippen LogP contribution in [0.15, 0.2) is 18.2 Å². The number of hydrogen-bond acceptors (Lipinski definition) is 3. The first-order valence-corrected chi connectivity index (χ1v) is 6.67.